The third-order valence-corrected chi connectivity index (χ3v) is 5.00. The Morgan fingerprint density at radius 3 is 2.00 bits per heavy atom. The maximum absolute atomic E-state index is 2.39. The quantitative estimate of drug-likeness (QED) is 0.568. The van der Waals surface area contributed by atoms with Gasteiger partial charge in [-0.25, -0.2) is 0 Å². The molecule has 0 heterocycles. The van der Waals surface area contributed by atoms with Gasteiger partial charge in [-0.3, -0.25) is 0 Å². The molecule has 0 aliphatic heterocycles. The largest absolute Gasteiger partial charge is 1.00 e. The second-order valence-corrected chi connectivity index (χ2v) is 6.00. The molecule has 0 aromatic carbocycles. The van der Waals surface area contributed by atoms with Gasteiger partial charge in [0.2, 0.25) is 0 Å². The monoisotopic (exact) mass is 337 g/mol. The molecule has 0 unspecified atom stereocenters. The second-order valence-electron chi connectivity index (χ2n) is 4.52. The molecular formula is C13H21Cl2Zr. The summed E-state index contributed by atoms with van der Waals surface area (Å²) in [5.41, 5.74) is 2.11. The van der Waals surface area contributed by atoms with Crippen molar-refractivity contribution < 1.29 is 49.5 Å². The molecular weight excluding hydrogens is 318 g/mol. The van der Waals surface area contributed by atoms with E-state index in [2.05, 4.69) is 39.8 Å². The summed E-state index contributed by atoms with van der Waals surface area (Å²) < 4.78 is 1.68. The molecule has 0 nitrogen and oxygen atoms in total. The van der Waals surface area contributed by atoms with Crippen LogP contribution in [0.25, 0.3) is 0 Å². The minimum atomic E-state index is 0. The topological polar surface area (TPSA) is 0 Å². The molecule has 3 heteroatoms. The van der Waals surface area contributed by atoms with Gasteiger partial charge in [-0.1, -0.05) is 0 Å². The van der Waals surface area contributed by atoms with Crippen molar-refractivity contribution >= 4 is 0 Å². The minimum Gasteiger partial charge on any atom is -1.00 e. The van der Waals surface area contributed by atoms with E-state index in [1.165, 1.54) is 19.3 Å². The molecule has 1 rings (SSSR count). The molecule has 0 saturated heterocycles. The third kappa shape index (κ3) is 3.47. The Balaban J connectivity index is 0. The Kier molecular flexibility index (Phi) is 9.78. The van der Waals surface area contributed by atoms with E-state index in [-0.39, 0.29) is 24.8 Å². The molecule has 0 N–H and O–H groups in total. The number of allylic oxidation sites excluding steroid dienone is 4. The second kappa shape index (κ2) is 8.12. The van der Waals surface area contributed by atoms with Crippen LogP contribution < -0.4 is 24.8 Å². The van der Waals surface area contributed by atoms with E-state index in [9.17, 15) is 0 Å². The molecule has 0 atom stereocenters. The molecule has 1 aliphatic carbocycles. The molecule has 16 heavy (non-hydrogen) atoms. The van der Waals surface area contributed by atoms with E-state index in [0.717, 1.165) is 5.92 Å². The molecule has 0 aromatic rings. The first-order valence-electron chi connectivity index (χ1n) is 5.70. The maximum atomic E-state index is 2.39. The zero-order valence-electron chi connectivity index (χ0n) is 10.6. The molecule has 0 spiro atoms. The summed E-state index contributed by atoms with van der Waals surface area (Å²) in [7, 11) is 0. The number of hydrogen-bond acceptors (Lipinski definition) is 0. The van der Waals surface area contributed by atoms with Gasteiger partial charge in [0.15, 0.2) is 0 Å². The van der Waals surface area contributed by atoms with Gasteiger partial charge in [-0.15, -0.1) is 0 Å². The van der Waals surface area contributed by atoms with Crippen LogP contribution in [-0.4, -0.2) is 0 Å². The Bertz CT molecular complexity index is 263. The Morgan fingerprint density at radius 1 is 1.25 bits per heavy atom. The summed E-state index contributed by atoms with van der Waals surface area (Å²) in [4.78, 5) is 0. The van der Waals surface area contributed by atoms with Gasteiger partial charge >= 0.3 is 104 Å². The van der Waals surface area contributed by atoms with Crippen molar-refractivity contribution in [3.63, 3.8) is 0 Å². The minimum absolute atomic E-state index is 0. The molecule has 0 saturated carbocycles. The van der Waals surface area contributed by atoms with Gasteiger partial charge in [0.05, 0.1) is 0 Å². The van der Waals surface area contributed by atoms with Crippen LogP contribution in [0.3, 0.4) is 0 Å². The fraction of sp³-hybridized carbons (Fsp3) is 0.692. The third-order valence-electron chi connectivity index (χ3n) is 3.83. The number of rotatable bonds is 4. The first-order chi connectivity index (χ1) is 6.58. The summed E-state index contributed by atoms with van der Waals surface area (Å²) in [5.74, 6) is 0.755. The zero-order chi connectivity index (χ0) is 10.8. The van der Waals surface area contributed by atoms with Crippen molar-refractivity contribution in [1.82, 2.24) is 0 Å². The van der Waals surface area contributed by atoms with Gasteiger partial charge in [-0.2, -0.15) is 0 Å². The van der Waals surface area contributed by atoms with E-state index in [0.29, 0.717) is 5.41 Å². The van der Waals surface area contributed by atoms with Crippen LogP contribution in [0.2, 0.25) is 0 Å². The van der Waals surface area contributed by atoms with Crippen LogP contribution in [0.5, 0.6) is 0 Å². The van der Waals surface area contributed by atoms with Gasteiger partial charge in [0, 0.05) is 0 Å². The van der Waals surface area contributed by atoms with Crippen molar-refractivity contribution in [2.45, 2.75) is 47.0 Å². The Labute approximate surface area is 128 Å². The maximum Gasteiger partial charge on any atom is -1.00 e. The van der Waals surface area contributed by atoms with E-state index in [1.807, 2.05) is 0 Å². The molecule has 0 fully saturated rings. The fourth-order valence-corrected chi connectivity index (χ4v) is 3.84. The molecule has 0 bridgehead atoms. The van der Waals surface area contributed by atoms with Crippen molar-refractivity contribution in [3.8, 4) is 0 Å². The Morgan fingerprint density at radius 2 is 1.75 bits per heavy atom. The molecule has 0 amide bonds. The number of halogens is 2. The van der Waals surface area contributed by atoms with Crippen molar-refractivity contribution in [3.05, 3.63) is 21.0 Å². The van der Waals surface area contributed by atoms with Crippen LogP contribution in [0.4, 0.5) is 0 Å². The Hall–Kier alpha value is 0.943. The van der Waals surface area contributed by atoms with Crippen LogP contribution in [0.15, 0.2) is 21.0 Å². The van der Waals surface area contributed by atoms with E-state index in [4.69, 9.17) is 0 Å². The van der Waals surface area contributed by atoms with E-state index >= 15 is 0 Å². The zero-order valence-corrected chi connectivity index (χ0v) is 14.6. The van der Waals surface area contributed by atoms with Crippen molar-refractivity contribution in [1.29, 1.82) is 0 Å². The number of hydrogen-bond donors (Lipinski definition) is 0. The summed E-state index contributed by atoms with van der Waals surface area (Å²) in [6.07, 6.45) is 8.48. The SMILES string of the molecule is CCC(CC)(C1=[C]([Zr+2])CC=C1)C(C)C.[Cl-].[Cl-]. The fourth-order valence-electron chi connectivity index (χ4n) is 2.73. The van der Waals surface area contributed by atoms with Gasteiger partial charge in [0.25, 0.3) is 0 Å². The molecule has 1 aliphatic rings. The predicted octanol–water partition coefficient (Wildman–Crippen LogP) is -1.78. The molecule has 0 aromatic heterocycles. The first kappa shape index (κ1) is 19.3. The average Bonchev–Trinajstić information content (AvgIpc) is 2.55. The standard InChI is InChI=1S/C13H21.2ClH.Zr/c1-5-13(6-2,11(3)4)12-9-7-8-10-12;;;/h7,9,11H,5-6,8H2,1-4H3;2*1H;/q;;;+2/p-2. The van der Waals surface area contributed by atoms with Crippen LogP contribution in [-0.2, 0) is 24.7 Å². The van der Waals surface area contributed by atoms with Crippen molar-refractivity contribution in [2.24, 2.45) is 11.3 Å². The summed E-state index contributed by atoms with van der Waals surface area (Å²) in [5, 5.41) is 0. The molecule has 91 valence electrons. The predicted molar refractivity (Wildman–Crippen MR) is 58.6 cm³/mol. The summed E-state index contributed by atoms with van der Waals surface area (Å²) in [6, 6.07) is 0. The van der Waals surface area contributed by atoms with Gasteiger partial charge in [0.1, 0.15) is 0 Å². The summed E-state index contributed by atoms with van der Waals surface area (Å²) in [6.45, 7) is 9.42. The average molecular weight is 339 g/mol. The first-order valence-corrected chi connectivity index (χ1v) is 6.93. The normalized spacial score (nSPS) is 15.2. The van der Waals surface area contributed by atoms with Gasteiger partial charge in [-0.05, 0) is 0 Å². The smallest absolute Gasteiger partial charge is 1.00 e. The summed E-state index contributed by atoms with van der Waals surface area (Å²) >= 11 is 1.61. The van der Waals surface area contributed by atoms with E-state index in [1.54, 1.807) is 33.6 Å². The van der Waals surface area contributed by atoms with Gasteiger partial charge < -0.3 is 24.8 Å². The van der Waals surface area contributed by atoms with E-state index < -0.39 is 0 Å². The van der Waals surface area contributed by atoms with Crippen molar-refractivity contribution in [2.75, 3.05) is 0 Å². The van der Waals surface area contributed by atoms with Crippen LogP contribution >= 0.6 is 0 Å². The molecule has 0 radical (unpaired) electrons. The van der Waals surface area contributed by atoms with Crippen LogP contribution in [0.1, 0.15) is 47.0 Å². The van der Waals surface area contributed by atoms with Crippen LogP contribution in [0, 0.1) is 11.3 Å².